The van der Waals surface area contributed by atoms with Crippen LogP contribution in [0.2, 0.25) is 10.0 Å². The predicted octanol–water partition coefficient (Wildman–Crippen LogP) is 4.57. The maximum Gasteiger partial charge on any atom is 0.416 e. The highest BCUT2D eigenvalue weighted by Crippen LogP contribution is 2.31. The maximum absolute atomic E-state index is 12.6. The number of aliphatic hydroxyl groups is 1. The number of ether oxygens (including phenoxy) is 1. The number of alkyl halides is 3. The van der Waals surface area contributed by atoms with Crippen LogP contribution in [0.25, 0.3) is 0 Å². The number of benzene rings is 2. The molecule has 0 radical (unpaired) electrons. The molecule has 0 fully saturated rings. The molecule has 1 atom stereocenters. The van der Waals surface area contributed by atoms with Crippen LogP contribution in [0, 0.1) is 0 Å². The molecule has 0 bridgehead atoms. The van der Waals surface area contributed by atoms with E-state index in [9.17, 15) is 23.1 Å². The molecule has 1 unspecified atom stereocenters. The fourth-order valence-corrected chi connectivity index (χ4v) is 2.32. The van der Waals surface area contributed by atoms with Crippen LogP contribution >= 0.6 is 23.2 Å². The normalized spacial score (nSPS) is 12.4. The van der Waals surface area contributed by atoms with Crippen molar-refractivity contribution in [1.29, 1.82) is 0 Å². The first-order valence-electron chi connectivity index (χ1n) is 7.63. The summed E-state index contributed by atoms with van der Waals surface area (Å²) >= 11 is 11.7. The van der Waals surface area contributed by atoms with Crippen LogP contribution in [-0.2, 0) is 6.18 Å². The Kier molecular flexibility index (Phi) is 7.18. The highest BCUT2D eigenvalue weighted by atomic mass is 35.5. The molecule has 2 aromatic rings. The predicted molar refractivity (Wildman–Crippen MR) is 96.4 cm³/mol. The average Bonchev–Trinajstić information content (AvgIpc) is 2.61. The van der Waals surface area contributed by atoms with E-state index in [1.165, 1.54) is 24.3 Å². The van der Waals surface area contributed by atoms with Gasteiger partial charge in [0.25, 0.3) is 0 Å². The zero-order valence-corrected chi connectivity index (χ0v) is 15.2. The highest BCUT2D eigenvalue weighted by Gasteiger charge is 2.30. The van der Waals surface area contributed by atoms with Crippen LogP contribution in [0.3, 0.4) is 0 Å². The van der Waals surface area contributed by atoms with Crippen molar-refractivity contribution in [3.05, 3.63) is 58.1 Å². The summed E-state index contributed by atoms with van der Waals surface area (Å²) in [6.45, 7) is -0.498. The van der Waals surface area contributed by atoms with Crippen molar-refractivity contribution < 1.29 is 27.8 Å². The van der Waals surface area contributed by atoms with E-state index < -0.39 is 23.9 Å². The number of halogens is 5. The van der Waals surface area contributed by atoms with E-state index in [0.29, 0.717) is 5.02 Å². The van der Waals surface area contributed by atoms with Crippen molar-refractivity contribution in [3.8, 4) is 5.75 Å². The Hall–Kier alpha value is -2.16. The second-order valence-corrected chi connectivity index (χ2v) is 6.29. The summed E-state index contributed by atoms with van der Waals surface area (Å²) in [4.78, 5) is 11.8. The van der Waals surface area contributed by atoms with Crippen molar-refractivity contribution in [2.75, 3.05) is 18.5 Å². The van der Waals surface area contributed by atoms with Gasteiger partial charge in [-0.3, -0.25) is 0 Å². The number of carbonyl (C=O) groups is 1. The Balaban J connectivity index is 1.80. The molecular formula is C17H15Cl2F3N2O3. The number of rotatable bonds is 6. The zero-order valence-electron chi connectivity index (χ0n) is 13.7. The van der Waals surface area contributed by atoms with Gasteiger partial charge in [0.05, 0.1) is 16.3 Å². The van der Waals surface area contributed by atoms with Crippen molar-refractivity contribution >= 4 is 34.9 Å². The SMILES string of the molecule is O=C(NCC(O)COc1cccc(C(F)(F)F)c1)Nc1cc(Cl)ccc1Cl. The maximum atomic E-state index is 12.6. The van der Waals surface area contributed by atoms with E-state index in [1.807, 2.05) is 0 Å². The number of nitrogens with one attached hydrogen (secondary N) is 2. The van der Waals surface area contributed by atoms with Crippen molar-refractivity contribution in [2.24, 2.45) is 0 Å². The lowest BCUT2D eigenvalue weighted by atomic mass is 10.2. The van der Waals surface area contributed by atoms with Gasteiger partial charge in [-0.05, 0) is 36.4 Å². The van der Waals surface area contributed by atoms with Gasteiger partial charge in [0.1, 0.15) is 18.5 Å². The van der Waals surface area contributed by atoms with E-state index in [1.54, 1.807) is 6.07 Å². The molecule has 0 saturated carbocycles. The molecule has 0 saturated heterocycles. The number of amides is 2. The van der Waals surface area contributed by atoms with E-state index in [0.717, 1.165) is 12.1 Å². The molecule has 10 heteroatoms. The third-order valence-electron chi connectivity index (χ3n) is 3.28. The monoisotopic (exact) mass is 422 g/mol. The molecule has 0 aliphatic heterocycles. The first-order chi connectivity index (χ1) is 12.6. The summed E-state index contributed by atoms with van der Waals surface area (Å²) in [5, 5.41) is 15.3. The van der Waals surface area contributed by atoms with E-state index in [4.69, 9.17) is 27.9 Å². The van der Waals surface area contributed by atoms with Crippen LogP contribution < -0.4 is 15.4 Å². The zero-order chi connectivity index (χ0) is 20.0. The van der Waals surface area contributed by atoms with Crippen LogP contribution in [0.15, 0.2) is 42.5 Å². The molecule has 0 aromatic heterocycles. The fraction of sp³-hybridized carbons (Fsp3) is 0.235. The topological polar surface area (TPSA) is 70.6 Å². The minimum absolute atomic E-state index is 0.0426. The second-order valence-electron chi connectivity index (χ2n) is 5.45. The number of carbonyl (C=O) groups excluding carboxylic acids is 1. The third kappa shape index (κ3) is 6.82. The van der Waals surface area contributed by atoms with E-state index >= 15 is 0 Å². The van der Waals surface area contributed by atoms with Gasteiger partial charge in [0.2, 0.25) is 0 Å². The first kappa shape index (κ1) is 21.1. The summed E-state index contributed by atoms with van der Waals surface area (Å²) in [5.41, 5.74) is -0.568. The summed E-state index contributed by atoms with van der Waals surface area (Å²) in [6.07, 6.45) is -5.63. The molecule has 2 aromatic carbocycles. The Labute approximate surface area is 163 Å². The number of aliphatic hydroxyl groups excluding tert-OH is 1. The second kappa shape index (κ2) is 9.16. The van der Waals surface area contributed by atoms with Crippen molar-refractivity contribution in [2.45, 2.75) is 12.3 Å². The van der Waals surface area contributed by atoms with E-state index in [2.05, 4.69) is 10.6 Å². The standard InChI is InChI=1S/C17H15Cl2F3N2O3/c18-11-4-5-14(19)15(7-11)24-16(26)23-8-12(25)9-27-13-3-1-2-10(6-13)17(20,21)22/h1-7,12,25H,8-9H2,(H2,23,24,26). The minimum Gasteiger partial charge on any atom is -0.491 e. The first-order valence-corrected chi connectivity index (χ1v) is 8.39. The molecule has 27 heavy (non-hydrogen) atoms. The molecule has 0 aliphatic rings. The Morgan fingerprint density at radius 1 is 1.19 bits per heavy atom. The highest BCUT2D eigenvalue weighted by molar-refractivity contribution is 6.35. The molecule has 0 spiro atoms. The van der Waals surface area contributed by atoms with Crippen LogP contribution in [-0.4, -0.2) is 30.4 Å². The Bertz CT molecular complexity index is 803. The van der Waals surface area contributed by atoms with Crippen LogP contribution in [0.1, 0.15) is 5.56 Å². The lowest BCUT2D eigenvalue weighted by Gasteiger charge is -2.15. The van der Waals surface area contributed by atoms with Gasteiger partial charge in [0.15, 0.2) is 0 Å². The molecule has 3 N–H and O–H groups in total. The van der Waals surface area contributed by atoms with Gasteiger partial charge in [-0.25, -0.2) is 4.79 Å². The molecule has 5 nitrogen and oxygen atoms in total. The lowest BCUT2D eigenvalue weighted by molar-refractivity contribution is -0.137. The van der Waals surface area contributed by atoms with Gasteiger partial charge in [-0.15, -0.1) is 0 Å². The summed E-state index contributed by atoms with van der Waals surface area (Å²) in [6, 6.07) is 8.16. The summed E-state index contributed by atoms with van der Waals surface area (Å²) < 4.78 is 43.0. The van der Waals surface area contributed by atoms with E-state index in [-0.39, 0.29) is 29.6 Å². The van der Waals surface area contributed by atoms with Gasteiger partial charge < -0.3 is 20.5 Å². The average molecular weight is 423 g/mol. The van der Waals surface area contributed by atoms with Crippen LogP contribution in [0.5, 0.6) is 5.75 Å². The molecule has 2 amide bonds. The quantitative estimate of drug-likeness (QED) is 0.638. The lowest BCUT2D eigenvalue weighted by Crippen LogP contribution is -2.37. The Morgan fingerprint density at radius 3 is 2.63 bits per heavy atom. The molecular weight excluding hydrogens is 408 g/mol. The van der Waals surface area contributed by atoms with Gasteiger partial charge in [-0.2, -0.15) is 13.2 Å². The molecule has 0 heterocycles. The number of urea groups is 1. The summed E-state index contributed by atoms with van der Waals surface area (Å²) in [5.74, 6) is -0.0426. The fourth-order valence-electron chi connectivity index (χ4n) is 1.98. The van der Waals surface area contributed by atoms with Crippen molar-refractivity contribution in [1.82, 2.24) is 5.32 Å². The van der Waals surface area contributed by atoms with Gasteiger partial charge in [-0.1, -0.05) is 29.3 Å². The number of hydrogen-bond acceptors (Lipinski definition) is 3. The summed E-state index contributed by atoms with van der Waals surface area (Å²) in [7, 11) is 0. The van der Waals surface area contributed by atoms with Gasteiger partial charge in [0, 0.05) is 11.6 Å². The van der Waals surface area contributed by atoms with Gasteiger partial charge >= 0.3 is 12.2 Å². The Morgan fingerprint density at radius 2 is 1.93 bits per heavy atom. The number of anilines is 1. The number of hydrogen-bond donors (Lipinski definition) is 3. The molecule has 146 valence electrons. The van der Waals surface area contributed by atoms with Crippen LogP contribution in [0.4, 0.5) is 23.7 Å². The minimum atomic E-state index is -4.49. The van der Waals surface area contributed by atoms with Crippen molar-refractivity contribution in [3.63, 3.8) is 0 Å². The largest absolute Gasteiger partial charge is 0.491 e. The smallest absolute Gasteiger partial charge is 0.416 e. The third-order valence-corrected chi connectivity index (χ3v) is 3.84. The molecule has 0 aliphatic carbocycles. The molecule has 2 rings (SSSR count).